The van der Waals surface area contributed by atoms with Gasteiger partial charge in [0, 0.05) is 19.3 Å². The van der Waals surface area contributed by atoms with Crippen LogP contribution in [0.3, 0.4) is 0 Å². The van der Waals surface area contributed by atoms with Crippen molar-refractivity contribution in [3.63, 3.8) is 0 Å². The molecule has 106 valence electrons. The average Bonchev–Trinajstić information content (AvgIpc) is 3.17. The molecule has 1 fully saturated rings. The van der Waals surface area contributed by atoms with Crippen molar-refractivity contribution in [2.45, 2.75) is 25.5 Å². The molecule has 0 saturated carbocycles. The van der Waals surface area contributed by atoms with Crippen LogP contribution < -0.4 is 10.6 Å². The van der Waals surface area contributed by atoms with E-state index in [-0.39, 0.29) is 6.10 Å². The Balaban J connectivity index is 1.52. The fourth-order valence-electron chi connectivity index (χ4n) is 2.14. The first-order valence-corrected chi connectivity index (χ1v) is 6.85. The second-order valence-electron chi connectivity index (χ2n) is 4.71. The van der Waals surface area contributed by atoms with Crippen LogP contribution in [0.4, 0.5) is 11.8 Å². The molecular formula is C14H18N4O2. The zero-order valence-electron chi connectivity index (χ0n) is 11.2. The van der Waals surface area contributed by atoms with Gasteiger partial charge in [-0.15, -0.1) is 0 Å². The molecular weight excluding hydrogens is 256 g/mol. The second kappa shape index (κ2) is 6.38. The van der Waals surface area contributed by atoms with Crippen LogP contribution in [0.15, 0.2) is 35.1 Å². The van der Waals surface area contributed by atoms with E-state index in [9.17, 15) is 0 Å². The Bertz CT molecular complexity index is 524. The molecule has 6 nitrogen and oxygen atoms in total. The minimum Gasteiger partial charge on any atom is -0.467 e. The number of hydrogen-bond acceptors (Lipinski definition) is 6. The zero-order chi connectivity index (χ0) is 13.6. The number of nitrogens with one attached hydrogen (secondary N) is 2. The highest BCUT2D eigenvalue weighted by Crippen LogP contribution is 2.13. The molecule has 0 bridgehead atoms. The van der Waals surface area contributed by atoms with Crippen LogP contribution in [0.25, 0.3) is 0 Å². The minimum atomic E-state index is 0.276. The summed E-state index contributed by atoms with van der Waals surface area (Å²) in [5, 5.41) is 6.41. The molecule has 1 atom stereocenters. The SMILES string of the molecule is c1coc(CNc2ccnc(NCC3CCCO3)n2)c1. The number of ether oxygens (including phenoxy) is 1. The van der Waals surface area contributed by atoms with Gasteiger partial charge in [-0.3, -0.25) is 0 Å². The number of anilines is 2. The predicted molar refractivity (Wildman–Crippen MR) is 75.5 cm³/mol. The summed E-state index contributed by atoms with van der Waals surface area (Å²) in [5.74, 6) is 2.26. The summed E-state index contributed by atoms with van der Waals surface area (Å²) in [6, 6.07) is 5.62. The van der Waals surface area contributed by atoms with Crippen LogP contribution in [-0.4, -0.2) is 29.2 Å². The molecule has 0 spiro atoms. The van der Waals surface area contributed by atoms with E-state index >= 15 is 0 Å². The largest absolute Gasteiger partial charge is 0.467 e. The highest BCUT2D eigenvalue weighted by Gasteiger charge is 2.15. The maximum atomic E-state index is 5.56. The maximum Gasteiger partial charge on any atom is 0.224 e. The van der Waals surface area contributed by atoms with Gasteiger partial charge in [-0.1, -0.05) is 0 Å². The minimum absolute atomic E-state index is 0.276. The zero-order valence-corrected chi connectivity index (χ0v) is 11.2. The van der Waals surface area contributed by atoms with Crippen molar-refractivity contribution < 1.29 is 9.15 Å². The van der Waals surface area contributed by atoms with Gasteiger partial charge in [-0.2, -0.15) is 4.98 Å². The van der Waals surface area contributed by atoms with Gasteiger partial charge >= 0.3 is 0 Å². The summed E-state index contributed by atoms with van der Waals surface area (Å²) in [6.45, 7) is 2.22. The molecule has 2 N–H and O–H groups in total. The molecule has 3 rings (SSSR count). The Morgan fingerprint density at radius 1 is 1.30 bits per heavy atom. The Labute approximate surface area is 117 Å². The van der Waals surface area contributed by atoms with Crippen molar-refractivity contribution in [3.05, 3.63) is 36.4 Å². The quantitative estimate of drug-likeness (QED) is 0.842. The molecule has 1 saturated heterocycles. The molecule has 1 aliphatic rings. The second-order valence-corrected chi connectivity index (χ2v) is 4.71. The summed E-state index contributed by atoms with van der Waals surface area (Å²) >= 11 is 0. The first kappa shape index (κ1) is 12.9. The van der Waals surface area contributed by atoms with Gasteiger partial charge in [0.25, 0.3) is 0 Å². The third kappa shape index (κ3) is 3.48. The lowest BCUT2D eigenvalue weighted by atomic mass is 10.2. The lowest BCUT2D eigenvalue weighted by molar-refractivity contribution is 0.120. The number of rotatable bonds is 6. The molecule has 1 aliphatic heterocycles. The van der Waals surface area contributed by atoms with E-state index in [4.69, 9.17) is 9.15 Å². The summed E-state index contributed by atoms with van der Waals surface area (Å²) in [7, 11) is 0. The van der Waals surface area contributed by atoms with E-state index in [1.54, 1.807) is 12.5 Å². The van der Waals surface area contributed by atoms with E-state index in [0.717, 1.165) is 37.6 Å². The molecule has 6 heteroatoms. The molecule has 2 aromatic heterocycles. The topological polar surface area (TPSA) is 72.2 Å². The lowest BCUT2D eigenvalue weighted by Crippen LogP contribution is -2.19. The Morgan fingerprint density at radius 3 is 3.10 bits per heavy atom. The Kier molecular flexibility index (Phi) is 4.13. The highest BCUT2D eigenvalue weighted by molar-refractivity contribution is 5.39. The lowest BCUT2D eigenvalue weighted by Gasteiger charge is -2.11. The van der Waals surface area contributed by atoms with Crippen molar-refractivity contribution in [1.82, 2.24) is 9.97 Å². The molecule has 20 heavy (non-hydrogen) atoms. The van der Waals surface area contributed by atoms with E-state index in [2.05, 4.69) is 20.6 Å². The van der Waals surface area contributed by atoms with E-state index in [1.807, 2.05) is 18.2 Å². The molecule has 0 amide bonds. The fraction of sp³-hybridized carbons (Fsp3) is 0.429. The fourth-order valence-corrected chi connectivity index (χ4v) is 2.14. The van der Waals surface area contributed by atoms with Gasteiger partial charge in [-0.05, 0) is 31.0 Å². The Hall–Kier alpha value is -2.08. The standard InChI is InChI=1S/C14H18N4O2/c1-3-11(19-7-1)9-16-13-5-6-15-14(18-13)17-10-12-4-2-8-20-12/h1,3,5-7,12H,2,4,8-10H2,(H2,15,16,17,18). The van der Waals surface area contributed by atoms with Gasteiger partial charge < -0.3 is 19.8 Å². The summed E-state index contributed by atoms with van der Waals surface area (Å²) in [5.41, 5.74) is 0. The molecule has 1 unspecified atom stereocenters. The predicted octanol–water partition coefficient (Wildman–Crippen LogP) is 2.27. The van der Waals surface area contributed by atoms with Crippen LogP contribution >= 0.6 is 0 Å². The third-order valence-corrected chi connectivity index (χ3v) is 3.19. The van der Waals surface area contributed by atoms with E-state index < -0.39 is 0 Å². The third-order valence-electron chi connectivity index (χ3n) is 3.19. The number of aromatic nitrogens is 2. The summed E-state index contributed by atoms with van der Waals surface area (Å²) < 4.78 is 10.8. The normalized spacial score (nSPS) is 18.1. The smallest absolute Gasteiger partial charge is 0.224 e. The van der Waals surface area contributed by atoms with Crippen molar-refractivity contribution in [1.29, 1.82) is 0 Å². The molecule has 2 aromatic rings. The monoisotopic (exact) mass is 274 g/mol. The van der Waals surface area contributed by atoms with Gasteiger partial charge in [0.1, 0.15) is 11.6 Å². The van der Waals surface area contributed by atoms with Crippen molar-refractivity contribution in [3.8, 4) is 0 Å². The molecule has 0 aliphatic carbocycles. The van der Waals surface area contributed by atoms with Gasteiger partial charge in [-0.25, -0.2) is 4.98 Å². The number of nitrogens with zero attached hydrogens (tertiary/aromatic N) is 2. The van der Waals surface area contributed by atoms with Crippen LogP contribution in [0.5, 0.6) is 0 Å². The van der Waals surface area contributed by atoms with E-state index in [1.165, 1.54) is 0 Å². The number of hydrogen-bond donors (Lipinski definition) is 2. The first-order chi connectivity index (χ1) is 9.90. The molecule has 0 aromatic carbocycles. The van der Waals surface area contributed by atoms with Crippen LogP contribution in [-0.2, 0) is 11.3 Å². The van der Waals surface area contributed by atoms with Crippen molar-refractivity contribution in [2.24, 2.45) is 0 Å². The van der Waals surface area contributed by atoms with Gasteiger partial charge in [0.05, 0.1) is 18.9 Å². The Morgan fingerprint density at radius 2 is 2.30 bits per heavy atom. The van der Waals surface area contributed by atoms with Crippen molar-refractivity contribution >= 4 is 11.8 Å². The van der Waals surface area contributed by atoms with Gasteiger partial charge in [0.2, 0.25) is 5.95 Å². The summed E-state index contributed by atoms with van der Waals surface area (Å²) in [4.78, 5) is 8.61. The highest BCUT2D eigenvalue weighted by atomic mass is 16.5. The summed E-state index contributed by atoms with van der Waals surface area (Å²) in [6.07, 6.45) is 5.90. The van der Waals surface area contributed by atoms with Crippen LogP contribution in [0, 0.1) is 0 Å². The van der Waals surface area contributed by atoms with Crippen molar-refractivity contribution in [2.75, 3.05) is 23.8 Å². The molecule has 0 radical (unpaired) electrons. The molecule has 3 heterocycles. The van der Waals surface area contributed by atoms with Crippen LogP contribution in [0.1, 0.15) is 18.6 Å². The first-order valence-electron chi connectivity index (χ1n) is 6.85. The van der Waals surface area contributed by atoms with Gasteiger partial charge in [0.15, 0.2) is 0 Å². The number of furan rings is 1. The van der Waals surface area contributed by atoms with E-state index in [0.29, 0.717) is 12.5 Å². The average molecular weight is 274 g/mol. The maximum absolute atomic E-state index is 5.56. The van der Waals surface area contributed by atoms with Crippen LogP contribution in [0.2, 0.25) is 0 Å².